The molecule has 0 aromatic heterocycles. The Kier molecular flexibility index (Phi) is 4.33. The number of hydrogen-bond acceptors (Lipinski definition) is 4. The molecule has 1 aliphatic heterocycles. The number of nitrogens with zero attached hydrogens (tertiary/aromatic N) is 2. The molecule has 2 N–H and O–H groups in total. The van der Waals surface area contributed by atoms with Gasteiger partial charge in [-0.2, -0.15) is 5.26 Å². The van der Waals surface area contributed by atoms with Crippen molar-refractivity contribution in [2.45, 2.75) is 13.0 Å². The molecule has 1 aliphatic rings. The number of amides is 2. The van der Waals surface area contributed by atoms with Crippen molar-refractivity contribution in [3.63, 3.8) is 0 Å². The Morgan fingerprint density at radius 3 is 2.77 bits per heavy atom. The molecular formula is C14H12ClN3O4. The Labute approximate surface area is 131 Å². The lowest BCUT2D eigenvalue weighted by Crippen LogP contribution is -2.40. The average Bonchev–Trinajstić information content (AvgIpc) is 2.73. The van der Waals surface area contributed by atoms with Crippen molar-refractivity contribution in [2.24, 2.45) is 0 Å². The SMILES string of the molecule is Cc1c(Cl)ccc2c1C(=O)N(CC(=O)NCC(=O)O)C2C#N. The summed E-state index contributed by atoms with van der Waals surface area (Å²) < 4.78 is 0. The van der Waals surface area contributed by atoms with Crippen LogP contribution in [0.25, 0.3) is 0 Å². The Balaban J connectivity index is 2.26. The zero-order valence-corrected chi connectivity index (χ0v) is 12.3. The number of carboxylic acids is 1. The van der Waals surface area contributed by atoms with Crippen LogP contribution >= 0.6 is 11.6 Å². The van der Waals surface area contributed by atoms with Crippen LogP contribution in [0, 0.1) is 18.3 Å². The van der Waals surface area contributed by atoms with Gasteiger partial charge in [0, 0.05) is 10.6 Å². The summed E-state index contributed by atoms with van der Waals surface area (Å²) in [6.07, 6.45) is 0. The topological polar surface area (TPSA) is 110 Å². The van der Waals surface area contributed by atoms with E-state index in [4.69, 9.17) is 16.7 Å². The maximum absolute atomic E-state index is 12.4. The van der Waals surface area contributed by atoms with Gasteiger partial charge in [0.25, 0.3) is 5.91 Å². The van der Waals surface area contributed by atoms with E-state index in [1.165, 1.54) is 0 Å². The minimum absolute atomic E-state index is 0.324. The van der Waals surface area contributed by atoms with E-state index in [9.17, 15) is 19.6 Å². The molecule has 0 saturated carbocycles. The summed E-state index contributed by atoms with van der Waals surface area (Å²) in [5.41, 5.74) is 1.38. The molecule has 2 rings (SSSR count). The van der Waals surface area contributed by atoms with Gasteiger partial charge < -0.3 is 15.3 Å². The van der Waals surface area contributed by atoms with Crippen LogP contribution in [0.3, 0.4) is 0 Å². The molecule has 1 aromatic rings. The highest BCUT2D eigenvalue weighted by atomic mass is 35.5. The predicted octanol–water partition coefficient (Wildman–Crippen LogP) is 0.870. The summed E-state index contributed by atoms with van der Waals surface area (Å²) >= 11 is 5.99. The van der Waals surface area contributed by atoms with E-state index in [0.717, 1.165) is 4.90 Å². The fourth-order valence-corrected chi connectivity index (χ4v) is 2.49. The van der Waals surface area contributed by atoms with Gasteiger partial charge in [-0.3, -0.25) is 14.4 Å². The number of halogens is 1. The molecule has 0 fully saturated rings. The number of fused-ring (bicyclic) bond motifs is 1. The van der Waals surface area contributed by atoms with Crippen LogP contribution in [0.5, 0.6) is 0 Å². The van der Waals surface area contributed by atoms with Gasteiger partial charge in [-0.25, -0.2) is 0 Å². The van der Waals surface area contributed by atoms with Gasteiger partial charge in [0.1, 0.15) is 19.1 Å². The summed E-state index contributed by atoms with van der Waals surface area (Å²) in [4.78, 5) is 35.7. The minimum atomic E-state index is -1.19. The van der Waals surface area contributed by atoms with E-state index in [1.807, 2.05) is 6.07 Å². The number of nitriles is 1. The van der Waals surface area contributed by atoms with Crippen LogP contribution in [0.15, 0.2) is 12.1 Å². The summed E-state index contributed by atoms with van der Waals surface area (Å²) in [6, 6.07) is 4.28. The van der Waals surface area contributed by atoms with Crippen molar-refractivity contribution < 1.29 is 19.5 Å². The number of rotatable bonds is 4. The van der Waals surface area contributed by atoms with Crippen LogP contribution in [-0.4, -0.2) is 40.9 Å². The highest BCUT2D eigenvalue weighted by molar-refractivity contribution is 6.32. The molecule has 1 aromatic carbocycles. The van der Waals surface area contributed by atoms with Crippen LogP contribution in [0.1, 0.15) is 27.5 Å². The van der Waals surface area contributed by atoms with Crippen molar-refractivity contribution in [1.29, 1.82) is 5.26 Å². The van der Waals surface area contributed by atoms with Crippen LogP contribution < -0.4 is 5.32 Å². The molecule has 22 heavy (non-hydrogen) atoms. The monoisotopic (exact) mass is 321 g/mol. The van der Waals surface area contributed by atoms with Crippen molar-refractivity contribution in [3.8, 4) is 6.07 Å². The minimum Gasteiger partial charge on any atom is -0.480 e. The summed E-state index contributed by atoms with van der Waals surface area (Å²) in [5, 5.41) is 20.4. The molecule has 0 spiro atoms. The van der Waals surface area contributed by atoms with E-state index < -0.39 is 36.9 Å². The number of carbonyl (C=O) groups excluding carboxylic acids is 2. The number of aliphatic carboxylic acids is 1. The number of hydrogen-bond donors (Lipinski definition) is 2. The third-order valence-corrected chi connectivity index (χ3v) is 3.79. The number of carbonyl (C=O) groups is 3. The normalized spacial score (nSPS) is 16.1. The number of nitrogens with one attached hydrogen (secondary N) is 1. The standard InChI is InChI=1S/C14H12ClN3O4/c1-7-9(15)3-2-8-10(4-16)18(14(22)13(7)8)6-11(19)17-5-12(20)21/h2-3,10H,5-6H2,1H3,(H,17,19)(H,20,21). The van der Waals surface area contributed by atoms with Crippen LogP contribution in [0.4, 0.5) is 0 Å². The fourth-order valence-electron chi connectivity index (χ4n) is 2.33. The molecule has 1 atom stereocenters. The summed E-state index contributed by atoms with van der Waals surface area (Å²) in [7, 11) is 0. The molecule has 7 nitrogen and oxygen atoms in total. The molecule has 0 radical (unpaired) electrons. The zero-order valence-electron chi connectivity index (χ0n) is 11.6. The molecule has 1 heterocycles. The van der Waals surface area contributed by atoms with E-state index >= 15 is 0 Å². The molecule has 0 bridgehead atoms. The lowest BCUT2D eigenvalue weighted by atomic mass is 10.0. The van der Waals surface area contributed by atoms with Crippen molar-refractivity contribution >= 4 is 29.4 Å². The smallest absolute Gasteiger partial charge is 0.322 e. The number of benzene rings is 1. The second-order valence-electron chi connectivity index (χ2n) is 4.77. The Bertz CT molecular complexity index is 711. The Morgan fingerprint density at radius 1 is 1.50 bits per heavy atom. The highest BCUT2D eigenvalue weighted by Gasteiger charge is 2.39. The van der Waals surface area contributed by atoms with Gasteiger partial charge in [0.2, 0.25) is 5.91 Å². The summed E-state index contributed by atoms with van der Waals surface area (Å²) in [5.74, 6) is -2.30. The lowest BCUT2D eigenvalue weighted by Gasteiger charge is -2.19. The van der Waals surface area contributed by atoms with Gasteiger partial charge >= 0.3 is 5.97 Å². The third kappa shape index (κ3) is 2.73. The molecule has 114 valence electrons. The van der Waals surface area contributed by atoms with Gasteiger partial charge in [-0.1, -0.05) is 17.7 Å². The highest BCUT2D eigenvalue weighted by Crippen LogP contribution is 2.37. The quantitative estimate of drug-likeness (QED) is 0.855. The lowest BCUT2D eigenvalue weighted by molar-refractivity contribution is -0.138. The van der Waals surface area contributed by atoms with Crippen LogP contribution in [-0.2, 0) is 9.59 Å². The second-order valence-corrected chi connectivity index (χ2v) is 5.18. The molecule has 0 saturated heterocycles. The molecular weight excluding hydrogens is 310 g/mol. The van der Waals surface area contributed by atoms with Gasteiger partial charge in [0.15, 0.2) is 0 Å². The molecule has 1 unspecified atom stereocenters. The zero-order chi connectivity index (χ0) is 16.4. The van der Waals surface area contributed by atoms with E-state index in [1.54, 1.807) is 19.1 Å². The van der Waals surface area contributed by atoms with Crippen molar-refractivity contribution in [1.82, 2.24) is 10.2 Å². The van der Waals surface area contributed by atoms with E-state index in [-0.39, 0.29) is 0 Å². The molecule has 2 amide bonds. The van der Waals surface area contributed by atoms with Crippen LogP contribution in [0.2, 0.25) is 5.02 Å². The first kappa shape index (κ1) is 15.8. The van der Waals surface area contributed by atoms with E-state index in [0.29, 0.717) is 21.7 Å². The first-order valence-electron chi connectivity index (χ1n) is 6.35. The van der Waals surface area contributed by atoms with Crippen molar-refractivity contribution in [2.75, 3.05) is 13.1 Å². The first-order chi connectivity index (χ1) is 10.4. The maximum atomic E-state index is 12.4. The second kappa shape index (κ2) is 6.03. The van der Waals surface area contributed by atoms with E-state index in [2.05, 4.69) is 5.32 Å². The van der Waals surface area contributed by atoms with Gasteiger partial charge in [-0.05, 0) is 18.6 Å². The Morgan fingerprint density at radius 2 is 2.18 bits per heavy atom. The fraction of sp³-hybridized carbons (Fsp3) is 0.286. The number of carboxylic acid groups (broad SMARTS) is 1. The first-order valence-corrected chi connectivity index (χ1v) is 6.72. The molecule has 8 heteroatoms. The molecule has 0 aliphatic carbocycles. The third-order valence-electron chi connectivity index (χ3n) is 3.39. The average molecular weight is 322 g/mol. The van der Waals surface area contributed by atoms with Gasteiger partial charge in [0.05, 0.1) is 11.6 Å². The summed E-state index contributed by atoms with van der Waals surface area (Å²) in [6.45, 7) is 0.730. The predicted molar refractivity (Wildman–Crippen MR) is 76.2 cm³/mol. The maximum Gasteiger partial charge on any atom is 0.322 e. The Hall–Kier alpha value is -2.59. The van der Waals surface area contributed by atoms with Crippen molar-refractivity contribution in [3.05, 3.63) is 33.8 Å². The van der Waals surface area contributed by atoms with Gasteiger partial charge in [-0.15, -0.1) is 0 Å². The largest absolute Gasteiger partial charge is 0.480 e.